The predicted molar refractivity (Wildman–Crippen MR) is 128 cm³/mol. The Morgan fingerprint density at radius 3 is 2.39 bits per heavy atom. The number of methoxy groups -OCH3 is 1. The van der Waals surface area contributed by atoms with Crippen LogP contribution in [0.15, 0.2) is 77.2 Å². The Balaban J connectivity index is 1.41. The van der Waals surface area contributed by atoms with Crippen LogP contribution in [0.4, 0.5) is 5.82 Å². The quantitative estimate of drug-likeness (QED) is 0.369. The Hall–Kier alpha value is -4.26. The van der Waals surface area contributed by atoms with Crippen LogP contribution in [-0.2, 0) is 6.42 Å². The average Bonchev–Trinajstić information content (AvgIpc) is 3.36. The van der Waals surface area contributed by atoms with Crippen molar-refractivity contribution in [3.8, 4) is 28.9 Å². The van der Waals surface area contributed by atoms with Crippen LogP contribution in [0.3, 0.4) is 0 Å². The van der Waals surface area contributed by atoms with E-state index in [4.69, 9.17) is 14.1 Å². The van der Waals surface area contributed by atoms with Crippen molar-refractivity contribution < 1.29 is 9.15 Å². The van der Waals surface area contributed by atoms with Gasteiger partial charge >= 0.3 is 0 Å². The van der Waals surface area contributed by atoms with Crippen LogP contribution < -0.4 is 10.1 Å². The van der Waals surface area contributed by atoms with E-state index < -0.39 is 0 Å². The van der Waals surface area contributed by atoms with Gasteiger partial charge in [-0.25, -0.2) is 9.97 Å². The van der Waals surface area contributed by atoms with Crippen molar-refractivity contribution >= 4 is 16.7 Å². The van der Waals surface area contributed by atoms with Crippen LogP contribution in [-0.4, -0.2) is 33.8 Å². The number of nitrogens with zero attached hydrogens (tertiary/aromatic N) is 4. The van der Waals surface area contributed by atoms with Crippen LogP contribution in [0.1, 0.15) is 11.1 Å². The molecule has 0 saturated heterocycles. The molecule has 7 heteroatoms. The Bertz CT molecular complexity index is 1380. The number of rotatable bonds is 7. The average molecular weight is 438 g/mol. The Morgan fingerprint density at radius 2 is 1.61 bits per heavy atom. The first-order valence-electron chi connectivity index (χ1n) is 10.7. The fourth-order valence-electron chi connectivity index (χ4n) is 3.55. The number of aromatic nitrogens is 4. The fourth-order valence-corrected chi connectivity index (χ4v) is 3.55. The second-order valence-corrected chi connectivity index (χ2v) is 7.72. The maximum atomic E-state index is 5.90. The molecule has 0 aliphatic rings. The van der Waals surface area contributed by atoms with Gasteiger partial charge in [-0.15, -0.1) is 10.2 Å². The summed E-state index contributed by atoms with van der Waals surface area (Å²) in [6.07, 6.45) is 0.885. The molecule has 0 atom stereocenters. The molecule has 2 heterocycles. The van der Waals surface area contributed by atoms with Crippen molar-refractivity contribution in [3.05, 3.63) is 83.9 Å². The van der Waals surface area contributed by atoms with Gasteiger partial charge in [0.1, 0.15) is 11.6 Å². The number of nitrogens with one attached hydrogen (secondary N) is 1. The molecule has 0 saturated carbocycles. The molecule has 5 aromatic rings. The smallest absolute Gasteiger partial charge is 0.286 e. The van der Waals surface area contributed by atoms with E-state index in [2.05, 4.69) is 51.7 Å². The first-order chi connectivity index (χ1) is 16.2. The molecule has 0 unspecified atom stereocenters. The molecule has 0 bridgehead atoms. The molecule has 1 N–H and O–H groups in total. The summed E-state index contributed by atoms with van der Waals surface area (Å²) in [5.41, 5.74) is 4.13. The SMILES string of the molecule is COc1ccc(-c2nnc(-c3nc(NCCc4ccc(C)cc4)c4ccccc4n3)o2)cc1. The molecule has 0 aliphatic heterocycles. The van der Waals surface area contributed by atoms with E-state index in [1.165, 1.54) is 11.1 Å². The van der Waals surface area contributed by atoms with Gasteiger partial charge in [-0.2, -0.15) is 0 Å². The van der Waals surface area contributed by atoms with Crippen molar-refractivity contribution in [1.29, 1.82) is 0 Å². The van der Waals surface area contributed by atoms with Gasteiger partial charge in [0, 0.05) is 17.5 Å². The van der Waals surface area contributed by atoms with Crippen LogP contribution in [0, 0.1) is 6.92 Å². The number of hydrogen-bond acceptors (Lipinski definition) is 7. The first kappa shape index (κ1) is 20.6. The number of benzene rings is 3. The lowest BCUT2D eigenvalue weighted by Crippen LogP contribution is -2.08. The maximum Gasteiger partial charge on any atom is 0.286 e. The molecule has 5 rings (SSSR count). The van der Waals surface area contributed by atoms with Crippen LogP contribution >= 0.6 is 0 Å². The number of para-hydroxylation sites is 1. The fraction of sp³-hybridized carbons (Fsp3) is 0.154. The molecule has 0 fully saturated rings. The highest BCUT2D eigenvalue weighted by Crippen LogP contribution is 2.27. The lowest BCUT2D eigenvalue weighted by Gasteiger charge is -2.10. The van der Waals surface area contributed by atoms with E-state index in [-0.39, 0.29) is 5.89 Å². The topological polar surface area (TPSA) is 86.0 Å². The highest BCUT2D eigenvalue weighted by Gasteiger charge is 2.16. The van der Waals surface area contributed by atoms with Crippen LogP contribution in [0.2, 0.25) is 0 Å². The van der Waals surface area contributed by atoms with Crippen molar-refractivity contribution in [2.24, 2.45) is 0 Å². The van der Waals surface area contributed by atoms with Gasteiger partial charge in [-0.3, -0.25) is 0 Å². The molecule has 0 aliphatic carbocycles. The van der Waals surface area contributed by atoms with Crippen LogP contribution in [0.5, 0.6) is 5.75 Å². The predicted octanol–water partition coefficient (Wildman–Crippen LogP) is 5.32. The number of ether oxygens (including phenoxy) is 1. The summed E-state index contributed by atoms with van der Waals surface area (Å²) in [7, 11) is 1.63. The third-order valence-electron chi connectivity index (χ3n) is 5.38. The molecule has 164 valence electrons. The third-order valence-corrected chi connectivity index (χ3v) is 5.38. The molecule has 0 radical (unpaired) electrons. The van der Waals surface area contributed by atoms with Crippen molar-refractivity contribution in [1.82, 2.24) is 20.2 Å². The first-order valence-corrected chi connectivity index (χ1v) is 10.7. The highest BCUT2D eigenvalue weighted by atomic mass is 16.5. The van der Waals surface area contributed by atoms with E-state index in [0.717, 1.165) is 41.0 Å². The van der Waals surface area contributed by atoms with E-state index >= 15 is 0 Å². The van der Waals surface area contributed by atoms with Gasteiger partial charge in [0.05, 0.1) is 12.6 Å². The number of anilines is 1. The largest absolute Gasteiger partial charge is 0.497 e. The van der Waals surface area contributed by atoms with Gasteiger partial charge in [0.25, 0.3) is 5.89 Å². The third kappa shape index (κ3) is 4.52. The second kappa shape index (κ2) is 9.08. The molecule has 0 amide bonds. The lowest BCUT2D eigenvalue weighted by molar-refractivity contribution is 0.415. The summed E-state index contributed by atoms with van der Waals surface area (Å²) in [5, 5.41) is 12.8. The Kier molecular flexibility index (Phi) is 5.68. The van der Waals surface area contributed by atoms with E-state index in [1.807, 2.05) is 48.5 Å². The molecule has 2 aromatic heterocycles. The van der Waals surface area contributed by atoms with E-state index in [0.29, 0.717) is 11.7 Å². The summed E-state index contributed by atoms with van der Waals surface area (Å²) in [6.45, 7) is 2.83. The lowest BCUT2D eigenvalue weighted by atomic mass is 10.1. The minimum Gasteiger partial charge on any atom is -0.497 e. The van der Waals surface area contributed by atoms with Crippen molar-refractivity contribution in [2.75, 3.05) is 19.0 Å². The Labute approximate surface area is 191 Å². The highest BCUT2D eigenvalue weighted by molar-refractivity contribution is 5.90. The molecular formula is C26H23N5O2. The van der Waals surface area contributed by atoms with E-state index in [1.54, 1.807) is 7.11 Å². The Morgan fingerprint density at radius 1 is 0.848 bits per heavy atom. The molecule has 0 spiro atoms. The zero-order valence-electron chi connectivity index (χ0n) is 18.4. The standard InChI is InChI=1S/C26H23N5O2/c1-17-7-9-18(10-8-17)15-16-27-23-21-5-3-4-6-22(21)28-24(29-23)26-31-30-25(33-26)19-11-13-20(32-2)14-12-19/h3-14H,15-16H2,1-2H3,(H,27,28,29). The zero-order valence-corrected chi connectivity index (χ0v) is 18.4. The molecule has 7 nitrogen and oxygen atoms in total. The van der Waals surface area contributed by atoms with Gasteiger partial charge in [-0.1, -0.05) is 42.0 Å². The molecular weight excluding hydrogens is 414 g/mol. The molecule has 3 aromatic carbocycles. The van der Waals surface area contributed by atoms with Crippen molar-refractivity contribution in [3.63, 3.8) is 0 Å². The number of aryl methyl sites for hydroxylation is 1. The van der Waals surface area contributed by atoms with Gasteiger partial charge in [-0.05, 0) is 55.3 Å². The summed E-state index contributed by atoms with van der Waals surface area (Å²) in [6, 6.07) is 23.9. The monoisotopic (exact) mass is 437 g/mol. The normalized spacial score (nSPS) is 11.0. The number of fused-ring (bicyclic) bond motifs is 1. The minimum atomic E-state index is 0.271. The summed E-state index contributed by atoms with van der Waals surface area (Å²) in [5.74, 6) is 2.56. The molecule has 33 heavy (non-hydrogen) atoms. The second-order valence-electron chi connectivity index (χ2n) is 7.72. The minimum absolute atomic E-state index is 0.271. The van der Waals surface area contributed by atoms with Crippen molar-refractivity contribution in [2.45, 2.75) is 13.3 Å². The van der Waals surface area contributed by atoms with Gasteiger partial charge in [0.2, 0.25) is 11.7 Å². The summed E-state index contributed by atoms with van der Waals surface area (Å²) < 4.78 is 11.1. The summed E-state index contributed by atoms with van der Waals surface area (Å²) >= 11 is 0. The zero-order chi connectivity index (χ0) is 22.6. The summed E-state index contributed by atoms with van der Waals surface area (Å²) in [4.78, 5) is 9.36. The van der Waals surface area contributed by atoms with E-state index in [9.17, 15) is 0 Å². The van der Waals surface area contributed by atoms with Crippen LogP contribution in [0.25, 0.3) is 34.1 Å². The number of hydrogen-bond donors (Lipinski definition) is 1. The van der Waals surface area contributed by atoms with Gasteiger partial charge < -0.3 is 14.5 Å². The van der Waals surface area contributed by atoms with Gasteiger partial charge in [0.15, 0.2) is 0 Å². The maximum absolute atomic E-state index is 5.90.